The van der Waals surface area contributed by atoms with Crippen molar-refractivity contribution >= 4 is 17.3 Å². The predicted octanol–water partition coefficient (Wildman–Crippen LogP) is 12.0. The maximum Gasteiger partial charge on any atom is 0.336 e. The summed E-state index contributed by atoms with van der Waals surface area (Å²) in [5.41, 5.74) is 3.44. The van der Waals surface area contributed by atoms with Crippen molar-refractivity contribution in [2.24, 2.45) is 0 Å². The van der Waals surface area contributed by atoms with Gasteiger partial charge in [-0.15, -0.1) is 0 Å². The number of aromatic hydroxyl groups is 3. The Balaban J connectivity index is 1.55. The van der Waals surface area contributed by atoms with Crippen LogP contribution in [0.3, 0.4) is 0 Å². The summed E-state index contributed by atoms with van der Waals surface area (Å²) in [6.07, 6.45) is 3.36. The molecule has 0 aliphatic rings. The van der Waals surface area contributed by atoms with Crippen LogP contribution in [-0.2, 0) is 85.8 Å². The van der Waals surface area contributed by atoms with Crippen LogP contribution in [0, 0.1) is 0 Å². The largest absolute Gasteiger partial charge is 0.507 e. The maximum atomic E-state index is 14.1. The third-order valence-corrected chi connectivity index (χ3v) is 14.3. The number of benzene rings is 3. The number of rotatable bonds is 21. The van der Waals surface area contributed by atoms with E-state index in [0.717, 1.165) is 63.8 Å². The highest BCUT2D eigenvalue weighted by Gasteiger charge is 2.30. The van der Waals surface area contributed by atoms with Crippen LogP contribution in [0.5, 0.6) is 17.2 Å². The second-order valence-corrected chi connectivity index (χ2v) is 27.3. The van der Waals surface area contributed by atoms with E-state index in [9.17, 15) is 44.1 Å². The van der Waals surface area contributed by atoms with Crippen molar-refractivity contribution < 1.29 is 29.7 Å². The molecule has 414 valence electrons. The molecule has 0 saturated heterocycles. The zero-order valence-electron chi connectivity index (χ0n) is 49.2. The molecule has 0 radical (unpaired) electrons. The predicted molar refractivity (Wildman–Crippen MR) is 303 cm³/mol. The van der Waals surface area contributed by atoms with Crippen molar-refractivity contribution in [1.29, 1.82) is 0 Å². The van der Waals surface area contributed by atoms with Gasteiger partial charge in [-0.05, 0) is 121 Å². The van der Waals surface area contributed by atoms with Gasteiger partial charge in [-0.3, -0.25) is 14.4 Å². The monoisotopic (exact) mass is 1040 g/mol. The Bertz CT molecular complexity index is 2460. The fourth-order valence-electron chi connectivity index (χ4n) is 9.76. The molecule has 3 N–H and O–H groups in total. The maximum absolute atomic E-state index is 14.1. The SMILES string of the molecule is CC(C)(C)c1cc(CCCC(=O)CCn2c(=O)n(CCC(=O)CCCc3cc(C(C)(C)C)c(O)c(C(C)(C)C)c3)c(=O)n(CCC(=O)CCCc3cc(C(C)(C)C)c(O)c(C(C)(C)C)c3)c2=O)cc(C(C)(C)C)c1O. The Hall–Kier alpha value is -5.52. The molecule has 3 aromatic carbocycles. The van der Waals surface area contributed by atoms with Crippen LogP contribution in [0.15, 0.2) is 50.8 Å². The Morgan fingerprint density at radius 2 is 0.507 bits per heavy atom. The average Bonchev–Trinajstić information content (AvgIpc) is 3.25. The molecular formula is C63H93N3O9. The van der Waals surface area contributed by atoms with Gasteiger partial charge in [0.05, 0.1) is 0 Å². The normalized spacial score (nSPS) is 12.9. The summed E-state index contributed by atoms with van der Waals surface area (Å²) in [5.74, 6) is 0.344. The number of hydrogen-bond donors (Lipinski definition) is 3. The van der Waals surface area contributed by atoms with Gasteiger partial charge in [-0.25, -0.2) is 28.1 Å². The van der Waals surface area contributed by atoms with Crippen molar-refractivity contribution in [1.82, 2.24) is 13.7 Å². The van der Waals surface area contributed by atoms with Crippen LogP contribution in [-0.4, -0.2) is 46.4 Å². The fraction of sp³-hybridized carbons (Fsp3) is 0.619. The van der Waals surface area contributed by atoms with Gasteiger partial charge in [0.1, 0.15) is 34.6 Å². The van der Waals surface area contributed by atoms with Gasteiger partial charge in [0.2, 0.25) is 0 Å². The zero-order valence-corrected chi connectivity index (χ0v) is 49.2. The zero-order chi connectivity index (χ0) is 57.0. The summed E-state index contributed by atoms with van der Waals surface area (Å²) in [6.45, 7) is 36.0. The molecule has 12 nitrogen and oxygen atoms in total. The molecular weight excluding hydrogens is 943 g/mol. The van der Waals surface area contributed by atoms with Gasteiger partial charge >= 0.3 is 17.1 Å². The lowest BCUT2D eigenvalue weighted by molar-refractivity contribution is -0.120. The minimum Gasteiger partial charge on any atom is -0.507 e. The van der Waals surface area contributed by atoms with Crippen LogP contribution in [0.2, 0.25) is 0 Å². The lowest BCUT2D eigenvalue weighted by Crippen LogP contribution is -2.55. The third-order valence-electron chi connectivity index (χ3n) is 14.3. The number of ketones is 3. The Kier molecular flexibility index (Phi) is 19.7. The summed E-state index contributed by atoms with van der Waals surface area (Å²) in [5, 5.41) is 33.6. The first-order chi connectivity index (χ1) is 34.2. The van der Waals surface area contributed by atoms with Gasteiger partial charge in [-0.1, -0.05) is 161 Å². The molecule has 0 fully saturated rings. The Morgan fingerprint density at radius 1 is 0.333 bits per heavy atom. The summed E-state index contributed by atoms with van der Waals surface area (Å²) in [4.78, 5) is 82.6. The first-order valence-corrected chi connectivity index (χ1v) is 27.3. The van der Waals surface area contributed by atoms with E-state index in [-0.39, 0.29) is 125 Å². The number of aryl methyl sites for hydroxylation is 3. The molecule has 0 spiro atoms. The van der Waals surface area contributed by atoms with E-state index in [4.69, 9.17) is 0 Å². The van der Waals surface area contributed by atoms with Crippen molar-refractivity contribution in [3.63, 3.8) is 0 Å². The van der Waals surface area contributed by atoms with E-state index in [2.05, 4.69) is 0 Å². The standard InChI is InChI=1S/C63H93N3O9/c1-58(2,3)46-34-40(35-47(52(46)70)59(4,5)6)22-19-25-43(67)28-31-64-55(73)65(32-29-44(68)26-20-23-41-36-48(60(7,8)9)53(71)49(37-41)61(10,11)12)57(75)66(56(64)74)33-30-45(69)27-21-24-42-38-50(62(13,14)15)54(72)51(39-42)63(16,17)18/h34-39,70-72H,19-33H2,1-18H3. The molecule has 4 rings (SSSR count). The number of Topliss-reactive ketones (excluding diaryl/α,β-unsaturated/α-hetero) is 3. The minimum atomic E-state index is -0.909. The topological polar surface area (TPSA) is 178 Å². The van der Waals surface area contributed by atoms with Crippen LogP contribution >= 0.6 is 0 Å². The van der Waals surface area contributed by atoms with Crippen LogP contribution in [0.25, 0.3) is 0 Å². The fourth-order valence-corrected chi connectivity index (χ4v) is 9.76. The molecule has 1 aromatic heterocycles. The van der Waals surface area contributed by atoms with Crippen molar-refractivity contribution in [2.75, 3.05) is 0 Å². The van der Waals surface area contributed by atoms with Gasteiger partial charge in [-0.2, -0.15) is 0 Å². The quantitative estimate of drug-likeness (QED) is 0.0732. The molecule has 0 unspecified atom stereocenters. The van der Waals surface area contributed by atoms with Crippen molar-refractivity contribution in [3.8, 4) is 17.2 Å². The molecule has 0 bridgehead atoms. The molecule has 1 heterocycles. The molecule has 4 aromatic rings. The summed E-state index contributed by atoms with van der Waals surface area (Å²) < 4.78 is 2.65. The van der Waals surface area contributed by atoms with E-state index in [1.165, 1.54) is 0 Å². The molecule has 0 saturated carbocycles. The summed E-state index contributed by atoms with van der Waals surface area (Å²) in [7, 11) is 0. The van der Waals surface area contributed by atoms with E-state index in [1.807, 2.05) is 161 Å². The van der Waals surface area contributed by atoms with Gasteiger partial charge in [0.15, 0.2) is 0 Å². The summed E-state index contributed by atoms with van der Waals surface area (Å²) in [6, 6.07) is 12.0. The Morgan fingerprint density at radius 3 is 0.667 bits per heavy atom. The van der Waals surface area contributed by atoms with Crippen LogP contribution < -0.4 is 17.1 Å². The minimum absolute atomic E-state index is 0.141. The van der Waals surface area contributed by atoms with E-state index >= 15 is 0 Å². The highest BCUT2D eigenvalue weighted by Crippen LogP contribution is 2.43. The number of phenols is 3. The van der Waals surface area contributed by atoms with Gasteiger partial charge in [0, 0.05) is 58.2 Å². The van der Waals surface area contributed by atoms with Gasteiger partial charge < -0.3 is 15.3 Å². The molecule has 0 atom stereocenters. The molecule has 0 aliphatic heterocycles. The third kappa shape index (κ3) is 16.5. The second kappa shape index (κ2) is 23.8. The molecule has 75 heavy (non-hydrogen) atoms. The number of carbonyl (C=O) groups is 3. The van der Waals surface area contributed by atoms with Gasteiger partial charge in [0.25, 0.3) is 0 Å². The smallest absolute Gasteiger partial charge is 0.336 e. The average molecular weight is 1040 g/mol. The highest BCUT2D eigenvalue weighted by atomic mass is 16.3. The second-order valence-electron chi connectivity index (χ2n) is 27.3. The van der Waals surface area contributed by atoms with E-state index < -0.39 is 17.1 Å². The first kappa shape index (κ1) is 62.0. The number of nitrogens with zero attached hydrogens (tertiary/aromatic N) is 3. The lowest BCUT2D eigenvalue weighted by Gasteiger charge is -2.28. The van der Waals surface area contributed by atoms with Crippen LogP contribution in [0.1, 0.15) is 232 Å². The Labute approximate surface area is 448 Å². The number of carbonyl (C=O) groups excluding carboxylic acids is 3. The first-order valence-electron chi connectivity index (χ1n) is 27.3. The van der Waals surface area contributed by atoms with Crippen LogP contribution in [0.4, 0.5) is 0 Å². The molecule has 0 aliphatic carbocycles. The molecule has 12 heteroatoms. The van der Waals surface area contributed by atoms with Crippen molar-refractivity contribution in [2.45, 2.75) is 254 Å². The summed E-state index contributed by atoms with van der Waals surface area (Å²) >= 11 is 0. The lowest BCUT2D eigenvalue weighted by atomic mass is 9.78. The van der Waals surface area contributed by atoms with E-state index in [0.29, 0.717) is 38.5 Å². The van der Waals surface area contributed by atoms with E-state index in [1.54, 1.807) is 0 Å². The number of aromatic nitrogens is 3. The highest BCUT2D eigenvalue weighted by molar-refractivity contribution is 5.79. The van der Waals surface area contributed by atoms with Crippen molar-refractivity contribution in [3.05, 3.63) is 118 Å². The molecule has 0 amide bonds. The number of phenolic OH excluding ortho intramolecular Hbond substituents is 3. The number of hydrogen-bond acceptors (Lipinski definition) is 9.